The third-order valence-electron chi connectivity index (χ3n) is 15.3. The largest absolute Gasteiger partial charge is 2.00 e. The summed E-state index contributed by atoms with van der Waals surface area (Å²) in [5, 5.41) is 15.9. The van der Waals surface area contributed by atoms with Crippen LogP contribution in [0.1, 0.15) is 0 Å². The number of pyridine rings is 6. The van der Waals surface area contributed by atoms with E-state index in [9.17, 15) is 0 Å². The Kier molecular flexibility index (Phi) is 9.39. The van der Waals surface area contributed by atoms with Crippen molar-refractivity contribution in [3.05, 3.63) is 232 Å². The minimum atomic E-state index is -2.56. The van der Waals surface area contributed by atoms with Crippen LogP contribution in [0, 0.1) is 12.1 Å². The Labute approximate surface area is 426 Å². The van der Waals surface area contributed by atoms with Crippen molar-refractivity contribution in [1.29, 1.82) is 0 Å². The van der Waals surface area contributed by atoms with Gasteiger partial charge in [-0.15, -0.1) is 57.9 Å². The van der Waals surface area contributed by atoms with Crippen LogP contribution in [0.4, 0.5) is 0 Å². The number of fused-ring (bicyclic) bond motifs is 22. The molecule has 0 fully saturated rings. The van der Waals surface area contributed by atoms with Crippen LogP contribution in [0.5, 0.6) is 0 Å². The second kappa shape index (κ2) is 15.9. The molecule has 6 nitrogen and oxygen atoms in total. The van der Waals surface area contributed by atoms with Crippen LogP contribution in [0.15, 0.2) is 220 Å². The molecule has 4 aliphatic heterocycles. The molecule has 12 aromatic rings. The summed E-state index contributed by atoms with van der Waals surface area (Å²) in [6.07, 6.45) is 19.5. The van der Waals surface area contributed by atoms with Gasteiger partial charge in [-0.25, -0.2) is 0 Å². The monoisotopic (exact) mass is 1120 g/mol. The van der Waals surface area contributed by atoms with Gasteiger partial charge in [-0.3, -0.25) is 19.9 Å². The summed E-state index contributed by atoms with van der Waals surface area (Å²) >= 11 is 0. The van der Waals surface area contributed by atoms with Gasteiger partial charge < -0.3 is 9.97 Å². The number of rotatable bonds is 2. The molecule has 4 aliphatic rings. The van der Waals surface area contributed by atoms with E-state index in [1.54, 1.807) is 0 Å². The zero-order valence-electron chi connectivity index (χ0n) is 37.8. The molecular weight excluding hydrogens is 1080 g/mol. The second-order valence-electron chi connectivity index (χ2n) is 18.4. The summed E-state index contributed by atoms with van der Waals surface area (Å²) in [5.41, 5.74) is 14.0. The fraction of sp³-hybridized carbons (Fsp3) is 0. The molecule has 71 heavy (non-hydrogen) atoms. The number of hydrogen-bond acceptors (Lipinski definition) is 6. The Morgan fingerprint density at radius 1 is 0.324 bits per heavy atom. The van der Waals surface area contributed by atoms with Crippen LogP contribution in [0.2, 0.25) is 0 Å². The third-order valence-corrected chi connectivity index (χ3v) is 25.1. The maximum atomic E-state index is 4.89. The maximum absolute atomic E-state index is 4.89. The van der Waals surface area contributed by atoms with Gasteiger partial charge in [-0.05, 0) is 90.1 Å². The SMILES string of the molecule is [Pt+2].[c-]1cc(-c2cccc3ccccc23)cc2c1-c1ncccc1[Si]21c2ccncc2-c2cnccc21.[c-]1cc(-c2cccc3ccccc23)cc2c1-c1ncccc1[Si]21c2ccncc2-c2cnccc21. The molecule has 10 heterocycles. The molecule has 16 rings (SSSR count). The van der Waals surface area contributed by atoms with Gasteiger partial charge >= 0.3 is 21.1 Å². The van der Waals surface area contributed by atoms with Gasteiger partial charge in [0.2, 0.25) is 0 Å². The summed E-state index contributed by atoms with van der Waals surface area (Å²) in [6, 6.07) is 64.4. The smallest absolute Gasteiger partial charge is 0.305 e. The molecule has 0 amide bonds. The molecule has 0 aliphatic carbocycles. The van der Waals surface area contributed by atoms with Crippen molar-refractivity contribution in [1.82, 2.24) is 29.9 Å². The van der Waals surface area contributed by atoms with E-state index in [1.165, 1.54) is 108 Å². The van der Waals surface area contributed by atoms with Crippen LogP contribution in [-0.2, 0) is 21.1 Å². The van der Waals surface area contributed by atoms with Crippen molar-refractivity contribution in [2.24, 2.45) is 0 Å². The summed E-state index contributed by atoms with van der Waals surface area (Å²) in [4.78, 5) is 27.7. The standard InChI is InChI=1S/2C31H18N3Si.Pt/c2*1-2-7-22-20(5-1)6-3-8-23(22)21-10-11-24-30(17-21)35(29-9-4-14-34-31(24)29)27-12-15-32-18-25(27)26-19-33-16-13-28(26)35;/h2*1-10,12-19H;/q2*-1;+2. The second-order valence-corrected chi connectivity index (χ2v) is 25.7. The van der Waals surface area contributed by atoms with Crippen molar-refractivity contribution in [2.45, 2.75) is 0 Å². The van der Waals surface area contributed by atoms with Gasteiger partial charge in [0, 0.05) is 84.2 Å². The van der Waals surface area contributed by atoms with Crippen molar-refractivity contribution in [3.8, 4) is 67.0 Å². The molecule has 0 N–H and O–H groups in total. The Balaban J connectivity index is 0.000000131. The number of aromatic nitrogens is 6. The molecule has 0 saturated carbocycles. The van der Waals surface area contributed by atoms with Crippen molar-refractivity contribution >= 4 is 79.2 Å². The Hall–Kier alpha value is -8.14. The molecule has 0 saturated heterocycles. The first-order valence-electron chi connectivity index (χ1n) is 23.5. The van der Waals surface area contributed by atoms with E-state index < -0.39 is 16.1 Å². The molecule has 9 heteroatoms. The minimum absolute atomic E-state index is 0. The molecule has 0 unspecified atom stereocenters. The average molecular weight is 1120 g/mol. The summed E-state index contributed by atoms with van der Waals surface area (Å²) < 4.78 is 0. The first-order valence-corrected chi connectivity index (χ1v) is 27.5. The van der Waals surface area contributed by atoms with Gasteiger partial charge in [0.05, 0.1) is 0 Å². The zero-order valence-corrected chi connectivity index (χ0v) is 42.1. The Morgan fingerprint density at radius 2 is 0.704 bits per heavy atom. The Bertz CT molecular complexity index is 3790. The summed E-state index contributed by atoms with van der Waals surface area (Å²) in [5.74, 6) is 0. The molecule has 332 valence electrons. The van der Waals surface area contributed by atoms with Crippen LogP contribution < -0.4 is 41.5 Å². The zero-order chi connectivity index (χ0) is 46.0. The molecule has 2 spiro atoms. The van der Waals surface area contributed by atoms with E-state index in [0.717, 1.165) is 22.5 Å². The van der Waals surface area contributed by atoms with Crippen molar-refractivity contribution in [3.63, 3.8) is 0 Å². The van der Waals surface area contributed by atoms with E-state index in [0.29, 0.717) is 0 Å². The third kappa shape index (κ3) is 5.66. The average Bonchev–Trinajstić information content (AvgIpc) is 4.13. The quantitative estimate of drug-likeness (QED) is 0.131. The number of benzene rings is 6. The van der Waals surface area contributed by atoms with Crippen LogP contribution >= 0.6 is 0 Å². The molecule has 0 atom stereocenters. The first kappa shape index (κ1) is 41.8. The fourth-order valence-electron chi connectivity index (χ4n) is 12.5. The van der Waals surface area contributed by atoms with Crippen LogP contribution in [-0.4, -0.2) is 46.1 Å². The molecule has 6 aromatic heterocycles. The first-order chi connectivity index (χ1) is 34.7. The normalized spacial score (nSPS) is 13.7. The molecule has 0 radical (unpaired) electrons. The fourth-order valence-corrected chi connectivity index (χ4v) is 23.4. The summed E-state index contributed by atoms with van der Waals surface area (Å²) in [6.45, 7) is 0. The van der Waals surface area contributed by atoms with Crippen LogP contribution in [0.3, 0.4) is 0 Å². The predicted octanol–water partition coefficient (Wildman–Crippen LogP) is 7.66. The van der Waals surface area contributed by atoms with Gasteiger partial charge in [-0.1, -0.05) is 130 Å². The maximum Gasteiger partial charge on any atom is 2.00 e. The van der Waals surface area contributed by atoms with Crippen molar-refractivity contribution < 1.29 is 21.1 Å². The number of hydrogen-bond donors (Lipinski definition) is 0. The van der Waals surface area contributed by atoms with Crippen LogP contribution in [0.25, 0.3) is 88.6 Å². The van der Waals surface area contributed by atoms with E-state index >= 15 is 0 Å². The van der Waals surface area contributed by atoms with Gasteiger partial charge in [0.25, 0.3) is 0 Å². The summed E-state index contributed by atoms with van der Waals surface area (Å²) in [7, 11) is -5.11. The van der Waals surface area contributed by atoms with E-state index in [1.807, 2.05) is 62.0 Å². The predicted molar refractivity (Wildman–Crippen MR) is 286 cm³/mol. The number of nitrogens with zero attached hydrogens (tertiary/aromatic N) is 6. The molecule has 6 aromatic carbocycles. The van der Waals surface area contributed by atoms with E-state index in [4.69, 9.17) is 9.97 Å². The topological polar surface area (TPSA) is 77.3 Å². The minimum Gasteiger partial charge on any atom is -0.305 e. The van der Waals surface area contributed by atoms with Gasteiger partial charge in [-0.2, -0.15) is 0 Å². The van der Waals surface area contributed by atoms with E-state index in [-0.39, 0.29) is 21.1 Å². The van der Waals surface area contributed by atoms with E-state index in [2.05, 4.69) is 190 Å². The Morgan fingerprint density at radius 3 is 1.11 bits per heavy atom. The molecular formula is C62H36N6PtSi2. The van der Waals surface area contributed by atoms with Gasteiger partial charge in [0.15, 0.2) is 0 Å². The molecule has 0 bridgehead atoms. The van der Waals surface area contributed by atoms with Gasteiger partial charge in [0.1, 0.15) is 16.1 Å². The van der Waals surface area contributed by atoms with Crippen molar-refractivity contribution in [2.75, 3.05) is 0 Å².